The molecule has 1 unspecified atom stereocenters. The number of allylic oxidation sites excluding steroid dienone is 2. The van der Waals surface area contributed by atoms with Crippen molar-refractivity contribution in [2.75, 3.05) is 5.32 Å². The highest BCUT2D eigenvalue weighted by Crippen LogP contribution is 2.19. The van der Waals surface area contributed by atoms with Gasteiger partial charge in [-0.3, -0.25) is 14.5 Å². The molecule has 0 aliphatic heterocycles. The third-order valence-corrected chi connectivity index (χ3v) is 3.29. The van der Waals surface area contributed by atoms with Crippen LogP contribution in [-0.4, -0.2) is 25.5 Å². The molecule has 0 spiro atoms. The standard InChI is InChI=1S/C13H15N5O/c1-9-7-8-18-12(14-9)16-17-13(18)15-11(19)10-5-3-2-4-6-10/h2-3,7-8,10H,4-6H2,1H3,(H,15,17,19). The first-order valence-electron chi connectivity index (χ1n) is 6.38. The van der Waals surface area contributed by atoms with Gasteiger partial charge in [0.1, 0.15) is 0 Å². The van der Waals surface area contributed by atoms with Crippen LogP contribution in [0.1, 0.15) is 25.0 Å². The lowest BCUT2D eigenvalue weighted by atomic mass is 9.94. The van der Waals surface area contributed by atoms with Crippen LogP contribution in [0.2, 0.25) is 0 Å². The zero-order valence-corrected chi connectivity index (χ0v) is 10.7. The summed E-state index contributed by atoms with van der Waals surface area (Å²) in [5.74, 6) is 0.955. The summed E-state index contributed by atoms with van der Waals surface area (Å²) in [4.78, 5) is 16.4. The Balaban J connectivity index is 1.81. The molecule has 19 heavy (non-hydrogen) atoms. The van der Waals surface area contributed by atoms with Crippen LogP contribution in [0.4, 0.5) is 5.95 Å². The molecule has 2 aromatic rings. The number of nitrogens with one attached hydrogen (secondary N) is 1. The summed E-state index contributed by atoms with van der Waals surface area (Å²) >= 11 is 0. The molecule has 0 fully saturated rings. The topological polar surface area (TPSA) is 72.2 Å². The lowest BCUT2D eigenvalue weighted by Crippen LogP contribution is -2.24. The summed E-state index contributed by atoms with van der Waals surface area (Å²) in [6.07, 6.45) is 8.62. The zero-order chi connectivity index (χ0) is 13.2. The normalized spacial score (nSPS) is 18.7. The van der Waals surface area contributed by atoms with Crippen molar-refractivity contribution in [3.05, 3.63) is 30.1 Å². The van der Waals surface area contributed by atoms with Gasteiger partial charge in [-0.15, -0.1) is 10.2 Å². The maximum absolute atomic E-state index is 12.1. The van der Waals surface area contributed by atoms with E-state index in [2.05, 4.69) is 32.7 Å². The maximum Gasteiger partial charge on any atom is 0.256 e. The van der Waals surface area contributed by atoms with Gasteiger partial charge in [0.05, 0.1) is 0 Å². The summed E-state index contributed by atoms with van der Waals surface area (Å²) < 4.78 is 1.68. The minimum absolute atomic E-state index is 0.000718. The van der Waals surface area contributed by atoms with E-state index in [1.165, 1.54) is 0 Å². The fourth-order valence-electron chi connectivity index (χ4n) is 2.20. The highest BCUT2D eigenvalue weighted by molar-refractivity contribution is 5.91. The molecule has 2 heterocycles. The van der Waals surface area contributed by atoms with Crippen molar-refractivity contribution in [1.82, 2.24) is 19.6 Å². The van der Waals surface area contributed by atoms with Crippen molar-refractivity contribution in [2.45, 2.75) is 26.2 Å². The van der Waals surface area contributed by atoms with E-state index in [9.17, 15) is 4.79 Å². The van der Waals surface area contributed by atoms with Gasteiger partial charge in [0.2, 0.25) is 11.9 Å². The summed E-state index contributed by atoms with van der Waals surface area (Å²) in [5, 5.41) is 10.8. The van der Waals surface area contributed by atoms with Crippen molar-refractivity contribution in [2.24, 2.45) is 5.92 Å². The SMILES string of the molecule is Cc1ccn2c(NC(=O)C3CC=CCC3)nnc2n1. The number of hydrogen-bond donors (Lipinski definition) is 1. The largest absolute Gasteiger partial charge is 0.294 e. The van der Waals surface area contributed by atoms with Crippen molar-refractivity contribution >= 4 is 17.6 Å². The van der Waals surface area contributed by atoms with E-state index in [-0.39, 0.29) is 11.8 Å². The Morgan fingerprint density at radius 2 is 2.32 bits per heavy atom. The number of fused-ring (bicyclic) bond motifs is 1. The summed E-state index contributed by atoms with van der Waals surface area (Å²) in [7, 11) is 0. The Bertz CT molecular complexity index is 646. The molecule has 0 aromatic carbocycles. The Kier molecular flexibility index (Phi) is 2.98. The molecule has 0 radical (unpaired) electrons. The van der Waals surface area contributed by atoms with Gasteiger partial charge in [-0.1, -0.05) is 12.2 Å². The van der Waals surface area contributed by atoms with Gasteiger partial charge in [0, 0.05) is 17.8 Å². The minimum Gasteiger partial charge on any atom is -0.294 e. The highest BCUT2D eigenvalue weighted by Gasteiger charge is 2.20. The van der Waals surface area contributed by atoms with E-state index in [1.807, 2.05) is 19.2 Å². The van der Waals surface area contributed by atoms with Gasteiger partial charge in [-0.2, -0.15) is 0 Å². The van der Waals surface area contributed by atoms with E-state index in [1.54, 1.807) is 4.40 Å². The van der Waals surface area contributed by atoms with Crippen molar-refractivity contribution in [1.29, 1.82) is 0 Å². The number of anilines is 1. The summed E-state index contributed by atoms with van der Waals surface area (Å²) in [6, 6.07) is 1.86. The highest BCUT2D eigenvalue weighted by atomic mass is 16.2. The number of carbonyl (C=O) groups excluding carboxylic acids is 1. The Hall–Kier alpha value is -2.24. The van der Waals surface area contributed by atoms with Crippen LogP contribution >= 0.6 is 0 Å². The number of carbonyl (C=O) groups is 1. The predicted molar refractivity (Wildman–Crippen MR) is 70.6 cm³/mol. The molecule has 6 heteroatoms. The maximum atomic E-state index is 12.1. The van der Waals surface area contributed by atoms with Crippen LogP contribution in [0.3, 0.4) is 0 Å². The van der Waals surface area contributed by atoms with Crippen LogP contribution in [0, 0.1) is 12.8 Å². The Morgan fingerprint density at radius 1 is 1.42 bits per heavy atom. The number of hydrogen-bond acceptors (Lipinski definition) is 4. The molecule has 1 amide bonds. The van der Waals surface area contributed by atoms with Gasteiger partial charge in [0.25, 0.3) is 5.78 Å². The molecule has 1 N–H and O–H groups in total. The first-order chi connectivity index (χ1) is 9.24. The molecule has 98 valence electrons. The average Bonchev–Trinajstić information content (AvgIpc) is 2.82. The first kappa shape index (κ1) is 11.8. The second-order valence-corrected chi connectivity index (χ2v) is 4.73. The van der Waals surface area contributed by atoms with Crippen molar-refractivity contribution in [3.8, 4) is 0 Å². The van der Waals surface area contributed by atoms with E-state index in [4.69, 9.17) is 0 Å². The molecule has 1 atom stereocenters. The average molecular weight is 257 g/mol. The first-order valence-corrected chi connectivity index (χ1v) is 6.38. The van der Waals surface area contributed by atoms with E-state index in [0.717, 1.165) is 25.0 Å². The monoisotopic (exact) mass is 257 g/mol. The predicted octanol–water partition coefficient (Wildman–Crippen LogP) is 1.73. The molecule has 1 aliphatic carbocycles. The van der Waals surface area contributed by atoms with Crippen LogP contribution in [0.15, 0.2) is 24.4 Å². The Labute approximate surface area is 110 Å². The van der Waals surface area contributed by atoms with Crippen LogP contribution in [-0.2, 0) is 4.79 Å². The van der Waals surface area contributed by atoms with E-state index in [0.29, 0.717) is 11.7 Å². The third kappa shape index (κ3) is 2.33. The second kappa shape index (κ2) is 4.79. The molecule has 6 nitrogen and oxygen atoms in total. The fourth-order valence-corrected chi connectivity index (χ4v) is 2.20. The zero-order valence-electron chi connectivity index (χ0n) is 10.7. The van der Waals surface area contributed by atoms with Crippen LogP contribution in [0.5, 0.6) is 0 Å². The summed E-state index contributed by atoms with van der Waals surface area (Å²) in [5.41, 5.74) is 0.871. The van der Waals surface area contributed by atoms with Crippen molar-refractivity contribution in [3.63, 3.8) is 0 Å². The minimum atomic E-state index is -0.000718. The molecular formula is C13H15N5O. The second-order valence-electron chi connectivity index (χ2n) is 4.73. The van der Waals surface area contributed by atoms with Gasteiger partial charge in [-0.25, -0.2) is 4.98 Å². The van der Waals surface area contributed by atoms with E-state index < -0.39 is 0 Å². The number of amides is 1. The lowest BCUT2D eigenvalue weighted by Gasteiger charge is -2.16. The smallest absolute Gasteiger partial charge is 0.256 e. The molecule has 0 saturated heterocycles. The quantitative estimate of drug-likeness (QED) is 0.831. The van der Waals surface area contributed by atoms with Gasteiger partial charge in [-0.05, 0) is 32.3 Å². The molecule has 3 rings (SSSR count). The molecule has 1 aliphatic rings. The number of aryl methyl sites for hydroxylation is 1. The third-order valence-electron chi connectivity index (χ3n) is 3.29. The lowest BCUT2D eigenvalue weighted by molar-refractivity contribution is -0.120. The van der Waals surface area contributed by atoms with E-state index >= 15 is 0 Å². The van der Waals surface area contributed by atoms with Gasteiger partial charge < -0.3 is 0 Å². The number of rotatable bonds is 2. The molecular weight excluding hydrogens is 242 g/mol. The van der Waals surface area contributed by atoms with Crippen LogP contribution in [0.25, 0.3) is 5.78 Å². The van der Waals surface area contributed by atoms with Gasteiger partial charge in [0.15, 0.2) is 0 Å². The van der Waals surface area contributed by atoms with Crippen LogP contribution < -0.4 is 5.32 Å². The fraction of sp³-hybridized carbons (Fsp3) is 0.385. The summed E-state index contributed by atoms with van der Waals surface area (Å²) in [6.45, 7) is 1.89. The Morgan fingerprint density at radius 3 is 3.11 bits per heavy atom. The van der Waals surface area contributed by atoms with Crippen molar-refractivity contribution < 1.29 is 4.79 Å². The molecule has 0 saturated carbocycles. The number of aromatic nitrogens is 4. The molecule has 0 bridgehead atoms. The van der Waals surface area contributed by atoms with Gasteiger partial charge >= 0.3 is 0 Å². The molecule has 2 aromatic heterocycles. The number of nitrogens with zero attached hydrogens (tertiary/aromatic N) is 4.